The number of fused-ring (bicyclic) bond motifs is 4. The van der Waals surface area contributed by atoms with Crippen molar-refractivity contribution in [2.24, 2.45) is 0 Å². The Hall–Kier alpha value is -1.60. The zero-order chi connectivity index (χ0) is 12.0. The fourth-order valence-electron chi connectivity index (χ4n) is 3.58. The van der Waals surface area contributed by atoms with Crippen molar-refractivity contribution >= 4 is 0 Å². The van der Waals surface area contributed by atoms with Crippen LogP contribution in [0, 0.1) is 0 Å². The maximum Gasteiger partial charge on any atom is 0.0456 e. The van der Waals surface area contributed by atoms with Crippen LogP contribution in [0.3, 0.4) is 0 Å². The maximum atomic E-state index is 3.48. The van der Waals surface area contributed by atoms with Crippen molar-refractivity contribution < 1.29 is 0 Å². The Bertz CT molecular complexity index is 547. The topological polar surface area (TPSA) is 12.0 Å². The number of hydrogen-bond donors (Lipinski definition) is 1. The number of hydrogen-bond acceptors (Lipinski definition) is 1. The molecule has 2 aromatic carbocycles. The first-order valence-corrected chi connectivity index (χ1v) is 6.78. The van der Waals surface area contributed by atoms with E-state index in [9.17, 15) is 0 Å². The van der Waals surface area contributed by atoms with E-state index in [0.29, 0.717) is 0 Å². The van der Waals surface area contributed by atoms with Gasteiger partial charge in [-0.25, -0.2) is 0 Å². The lowest BCUT2D eigenvalue weighted by Crippen LogP contribution is -2.57. The fraction of sp³-hybridized carbons (Fsp3) is 0.294. The van der Waals surface area contributed by atoms with Gasteiger partial charge < -0.3 is 5.32 Å². The second-order valence-electron chi connectivity index (χ2n) is 5.50. The van der Waals surface area contributed by atoms with E-state index < -0.39 is 0 Å². The molecule has 0 radical (unpaired) electrons. The molecule has 0 unspecified atom stereocenters. The van der Waals surface area contributed by atoms with Crippen LogP contribution >= 0.6 is 0 Å². The van der Waals surface area contributed by atoms with Crippen LogP contribution in [0.25, 0.3) is 0 Å². The maximum absolute atomic E-state index is 3.48. The highest BCUT2D eigenvalue weighted by atomic mass is 15.0. The molecule has 1 spiro atoms. The molecular formula is C17H17N. The molecule has 1 fully saturated rings. The van der Waals surface area contributed by atoms with Crippen LogP contribution < -0.4 is 5.32 Å². The Morgan fingerprint density at radius 3 is 1.67 bits per heavy atom. The van der Waals surface area contributed by atoms with Gasteiger partial charge in [0.2, 0.25) is 0 Å². The first-order chi connectivity index (χ1) is 8.90. The van der Waals surface area contributed by atoms with E-state index in [4.69, 9.17) is 0 Å². The first kappa shape index (κ1) is 10.3. The summed E-state index contributed by atoms with van der Waals surface area (Å²) in [6.07, 6.45) is 2.35. The highest BCUT2D eigenvalue weighted by Gasteiger charge is 2.43. The van der Waals surface area contributed by atoms with Gasteiger partial charge in [-0.15, -0.1) is 0 Å². The Labute approximate surface area is 108 Å². The van der Waals surface area contributed by atoms with Crippen molar-refractivity contribution in [3.05, 3.63) is 70.8 Å². The van der Waals surface area contributed by atoms with Gasteiger partial charge in [0.1, 0.15) is 0 Å². The van der Waals surface area contributed by atoms with Gasteiger partial charge in [-0.05, 0) is 35.1 Å². The Balaban J connectivity index is 2.00. The molecule has 2 aliphatic rings. The quantitative estimate of drug-likeness (QED) is 0.740. The lowest BCUT2D eigenvalue weighted by Gasteiger charge is -2.44. The summed E-state index contributed by atoms with van der Waals surface area (Å²) in [6, 6.07) is 18.0. The number of aryl methyl sites for hydroxylation is 2. The van der Waals surface area contributed by atoms with Crippen LogP contribution in [-0.2, 0) is 18.3 Å². The van der Waals surface area contributed by atoms with Crippen LogP contribution in [0.15, 0.2) is 48.5 Å². The molecule has 18 heavy (non-hydrogen) atoms. The predicted molar refractivity (Wildman–Crippen MR) is 73.9 cm³/mol. The third-order valence-electron chi connectivity index (χ3n) is 4.58. The van der Waals surface area contributed by atoms with Crippen molar-refractivity contribution in [3.8, 4) is 0 Å². The molecule has 1 N–H and O–H groups in total. The summed E-state index contributed by atoms with van der Waals surface area (Å²) >= 11 is 0. The Kier molecular flexibility index (Phi) is 2.12. The largest absolute Gasteiger partial charge is 0.314 e. The number of benzene rings is 2. The lowest BCUT2D eigenvalue weighted by molar-refractivity contribution is 0.333. The molecule has 0 amide bonds. The normalized spacial score (nSPS) is 19.6. The summed E-state index contributed by atoms with van der Waals surface area (Å²) in [5.41, 5.74) is 6.41. The molecule has 90 valence electrons. The Morgan fingerprint density at radius 2 is 1.22 bits per heavy atom. The zero-order valence-electron chi connectivity index (χ0n) is 10.4. The minimum atomic E-state index is 0.240. The van der Waals surface area contributed by atoms with Gasteiger partial charge >= 0.3 is 0 Å². The smallest absolute Gasteiger partial charge is 0.0456 e. The van der Waals surface area contributed by atoms with E-state index in [-0.39, 0.29) is 5.41 Å². The molecule has 0 bridgehead atoms. The van der Waals surface area contributed by atoms with Gasteiger partial charge in [-0.1, -0.05) is 48.5 Å². The van der Waals surface area contributed by atoms with E-state index in [1.807, 2.05) is 0 Å². The molecule has 1 heterocycles. The minimum Gasteiger partial charge on any atom is -0.314 e. The monoisotopic (exact) mass is 235 g/mol. The fourth-order valence-corrected chi connectivity index (χ4v) is 3.58. The van der Waals surface area contributed by atoms with Crippen molar-refractivity contribution in [1.82, 2.24) is 5.32 Å². The van der Waals surface area contributed by atoms with Crippen molar-refractivity contribution in [2.45, 2.75) is 18.3 Å². The average molecular weight is 235 g/mol. The highest BCUT2D eigenvalue weighted by Crippen LogP contribution is 2.42. The molecule has 1 nitrogen and oxygen atoms in total. The van der Waals surface area contributed by atoms with E-state index >= 15 is 0 Å². The van der Waals surface area contributed by atoms with Crippen LogP contribution in [0.1, 0.15) is 22.3 Å². The Morgan fingerprint density at radius 1 is 0.722 bits per heavy atom. The standard InChI is InChI=1S/C17H17N/c1-3-7-15-13(5-1)9-10-14-6-2-4-8-16(14)17(15)11-18-12-17/h1-8,18H,9-12H2. The summed E-state index contributed by atoms with van der Waals surface area (Å²) in [4.78, 5) is 0. The third-order valence-corrected chi connectivity index (χ3v) is 4.58. The van der Waals surface area contributed by atoms with E-state index in [2.05, 4.69) is 53.8 Å². The second kappa shape index (κ2) is 3.69. The van der Waals surface area contributed by atoms with E-state index in [1.54, 1.807) is 11.1 Å². The molecule has 1 aliphatic heterocycles. The summed E-state index contributed by atoms with van der Waals surface area (Å²) in [5.74, 6) is 0. The molecule has 0 saturated carbocycles. The van der Waals surface area contributed by atoms with Crippen LogP contribution in [0.5, 0.6) is 0 Å². The van der Waals surface area contributed by atoms with Crippen molar-refractivity contribution in [2.75, 3.05) is 13.1 Å². The molecule has 0 atom stereocenters. The van der Waals surface area contributed by atoms with Crippen LogP contribution in [0.4, 0.5) is 0 Å². The van der Waals surface area contributed by atoms with Gasteiger partial charge in [-0.3, -0.25) is 0 Å². The molecule has 1 saturated heterocycles. The van der Waals surface area contributed by atoms with Gasteiger partial charge in [0.15, 0.2) is 0 Å². The SMILES string of the molecule is c1ccc2c(c1)CCc1ccccc1C21CNC1. The molecule has 4 rings (SSSR count). The molecule has 1 aliphatic carbocycles. The first-order valence-electron chi connectivity index (χ1n) is 6.78. The molecule has 0 aromatic heterocycles. The summed E-state index contributed by atoms with van der Waals surface area (Å²) in [6.45, 7) is 2.17. The van der Waals surface area contributed by atoms with Gasteiger partial charge in [0.05, 0.1) is 0 Å². The predicted octanol–water partition coefficient (Wildman–Crippen LogP) is 2.67. The number of nitrogens with one attached hydrogen (secondary N) is 1. The summed E-state index contributed by atoms with van der Waals surface area (Å²) in [5, 5.41) is 3.48. The second-order valence-corrected chi connectivity index (χ2v) is 5.50. The lowest BCUT2D eigenvalue weighted by atomic mass is 9.68. The number of rotatable bonds is 0. The zero-order valence-corrected chi connectivity index (χ0v) is 10.4. The molecular weight excluding hydrogens is 218 g/mol. The van der Waals surface area contributed by atoms with Gasteiger partial charge in [0.25, 0.3) is 0 Å². The molecule has 1 heteroatoms. The van der Waals surface area contributed by atoms with Gasteiger partial charge in [-0.2, -0.15) is 0 Å². The van der Waals surface area contributed by atoms with E-state index in [1.165, 1.54) is 24.0 Å². The summed E-state index contributed by atoms with van der Waals surface area (Å²) < 4.78 is 0. The highest BCUT2D eigenvalue weighted by molar-refractivity contribution is 5.52. The van der Waals surface area contributed by atoms with Crippen LogP contribution in [-0.4, -0.2) is 13.1 Å². The average Bonchev–Trinajstić information content (AvgIpc) is 2.52. The van der Waals surface area contributed by atoms with Gasteiger partial charge in [0, 0.05) is 18.5 Å². The van der Waals surface area contributed by atoms with Crippen LogP contribution in [0.2, 0.25) is 0 Å². The summed E-state index contributed by atoms with van der Waals surface area (Å²) in [7, 11) is 0. The third kappa shape index (κ3) is 1.25. The molecule has 2 aromatic rings. The van der Waals surface area contributed by atoms with E-state index in [0.717, 1.165) is 13.1 Å². The van der Waals surface area contributed by atoms with Crippen molar-refractivity contribution in [1.29, 1.82) is 0 Å². The minimum absolute atomic E-state index is 0.240. The van der Waals surface area contributed by atoms with Crippen molar-refractivity contribution in [3.63, 3.8) is 0 Å².